The number of amides is 4. The minimum absolute atomic E-state index is 0.0537. The van der Waals surface area contributed by atoms with Crippen molar-refractivity contribution in [3.05, 3.63) is 71.8 Å². The van der Waals surface area contributed by atoms with Crippen molar-refractivity contribution in [2.45, 2.75) is 58.5 Å². The molecule has 0 aliphatic rings. The Labute approximate surface area is 269 Å². The van der Waals surface area contributed by atoms with Gasteiger partial charge in [-0.2, -0.15) is 5.48 Å². The van der Waals surface area contributed by atoms with E-state index in [9.17, 15) is 19.2 Å². The monoisotopic (exact) mass is 646 g/mol. The fourth-order valence-corrected chi connectivity index (χ4v) is 3.65. The summed E-state index contributed by atoms with van der Waals surface area (Å²) in [6.45, 7) is 6.99. The van der Waals surface area contributed by atoms with Crippen molar-refractivity contribution >= 4 is 24.2 Å². The SMILES string of the molecule is CC(C)(C)OC(=O)NOCCOCCOCCNC(=O)[C@H](CCCNC(=O)OCc1ccccc1)NC(=O)OCc1ccccc1. The third-order valence-electron chi connectivity index (χ3n) is 5.77. The topological polar surface area (TPSA) is 172 Å². The van der Waals surface area contributed by atoms with Gasteiger partial charge >= 0.3 is 18.3 Å². The third kappa shape index (κ3) is 19.1. The number of carbonyl (C=O) groups excluding carboxylic acids is 4. The lowest BCUT2D eigenvalue weighted by Crippen LogP contribution is -2.47. The molecule has 0 aliphatic heterocycles. The Morgan fingerprint density at radius 3 is 1.85 bits per heavy atom. The second-order valence-electron chi connectivity index (χ2n) is 10.9. The molecule has 1 atom stereocenters. The smallest absolute Gasteiger partial charge is 0.431 e. The zero-order valence-corrected chi connectivity index (χ0v) is 26.7. The number of ether oxygens (including phenoxy) is 5. The Kier molecular flexibility index (Phi) is 18.2. The Bertz CT molecular complexity index is 1160. The van der Waals surface area contributed by atoms with Crippen LogP contribution in [0.5, 0.6) is 0 Å². The van der Waals surface area contributed by atoms with Crippen LogP contribution in [0.3, 0.4) is 0 Å². The molecule has 0 bridgehead atoms. The first-order valence-electron chi connectivity index (χ1n) is 15.1. The molecule has 0 heterocycles. The highest BCUT2D eigenvalue weighted by molar-refractivity contribution is 5.85. The summed E-state index contributed by atoms with van der Waals surface area (Å²) in [5.41, 5.74) is 3.22. The molecule has 4 amide bonds. The normalized spacial score (nSPS) is 11.5. The predicted molar refractivity (Wildman–Crippen MR) is 167 cm³/mol. The van der Waals surface area contributed by atoms with Gasteiger partial charge in [0.05, 0.1) is 33.0 Å². The number of rotatable bonds is 20. The molecule has 2 rings (SSSR count). The maximum absolute atomic E-state index is 12.9. The van der Waals surface area contributed by atoms with Crippen LogP contribution in [0.2, 0.25) is 0 Å². The van der Waals surface area contributed by atoms with Crippen LogP contribution in [-0.2, 0) is 46.5 Å². The number of carbonyl (C=O) groups is 4. The molecule has 2 aromatic rings. The number of hydrogen-bond donors (Lipinski definition) is 4. The van der Waals surface area contributed by atoms with Gasteiger partial charge in [0, 0.05) is 13.1 Å². The van der Waals surface area contributed by atoms with Gasteiger partial charge in [0.2, 0.25) is 5.91 Å². The first-order chi connectivity index (χ1) is 22.1. The number of hydrogen-bond acceptors (Lipinski definition) is 10. The van der Waals surface area contributed by atoms with E-state index >= 15 is 0 Å². The highest BCUT2D eigenvalue weighted by Gasteiger charge is 2.21. The van der Waals surface area contributed by atoms with Crippen molar-refractivity contribution < 1.29 is 47.7 Å². The fraction of sp³-hybridized carbons (Fsp3) is 0.500. The highest BCUT2D eigenvalue weighted by Crippen LogP contribution is 2.06. The van der Waals surface area contributed by atoms with Crippen LogP contribution < -0.4 is 21.4 Å². The fourth-order valence-electron chi connectivity index (χ4n) is 3.65. The molecule has 14 nitrogen and oxygen atoms in total. The lowest BCUT2D eigenvalue weighted by molar-refractivity contribution is -0.123. The van der Waals surface area contributed by atoms with E-state index in [-0.39, 0.29) is 65.8 Å². The summed E-state index contributed by atoms with van der Waals surface area (Å²) in [4.78, 5) is 53.8. The molecule has 0 fully saturated rings. The Balaban J connectivity index is 1.64. The molecule has 0 unspecified atom stereocenters. The van der Waals surface area contributed by atoms with Gasteiger partial charge in [0.1, 0.15) is 24.9 Å². The van der Waals surface area contributed by atoms with Gasteiger partial charge in [-0.3, -0.25) is 9.63 Å². The van der Waals surface area contributed by atoms with Gasteiger partial charge in [0.15, 0.2) is 0 Å². The molecule has 0 aliphatic carbocycles. The summed E-state index contributed by atoms with van der Waals surface area (Å²) in [6.07, 6.45) is -1.37. The first-order valence-corrected chi connectivity index (χ1v) is 15.1. The summed E-state index contributed by atoms with van der Waals surface area (Å²) in [5, 5.41) is 7.99. The Morgan fingerprint density at radius 1 is 0.674 bits per heavy atom. The van der Waals surface area contributed by atoms with Gasteiger partial charge in [-0.05, 0) is 44.7 Å². The summed E-state index contributed by atoms with van der Waals surface area (Å²) >= 11 is 0. The zero-order valence-electron chi connectivity index (χ0n) is 26.7. The Morgan fingerprint density at radius 2 is 1.24 bits per heavy atom. The third-order valence-corrected chi connectivity index (χ3v) is 5.77. The van der Waals surface area contributed by atoms with Crippen molar-refractivity contribution in [3.8, 4) is 0 Å². The van der Waals surface area contributed by atoms with Crippen LogP contribution >= 0.6 is 0 Å². The van der Waals surface area contributed by atoms with Crippen LogP contribution in [0.4, 0.5) is 14.4 Å². The molecular weight excluding hydrogens is 600 g/mol. The van der Waals surface area contributed by atoms with E-state index in [0.29, 0.717) is 6.42 Å². The van der Waals surface area contributed by atoms with Crippen molar-refractivity contribution in [2.75, 3.05) is 46.1 Å². The van der Waals surface area contributed by atoms with Gasteiger partial charge in [0.25, 0.3) is 0 Å². The van der Waals surface area contributed by atoms with Gasteiger partial charge in [-0.25, -0.2) is 14.4 Å². The lowest BCUT2D eigenvalue weighted by atomic mass is 10.1. The van der Waals surface area contributed by atoms with Crippen molar-refractivity contribution in [1.29, 1.82) is 0 Å². The van der Waals surface area contributed by atoms with Gasteiger partial charge < -0.3 is 39.6 Å². The number of alkyl carbamates (subject to hydrolysis) is 2. The minimum atomic E-state index is -0.900. The molecule has 0 spiro atoms. The molecule has 0 saturated heterocycles. The average Bonchev–Trinajstić information content (AvgIpc) is 3.03. The lowest BCUT2D eigenvalue weighted by Gasteiger charge is -2.19. The van der Waals surface area contributed by atoms with Gasteiger partial charge in [-0.1, -0.05) is 60.7 Å². The molecule has 0 radical (unpaired) electrons. The van der Waals surface area contributed by atoms with Crippen LogP contribution in [0.15, 0.2) is 60.7 Å². The molecular formula is C32H46N4O10. The first kappa shape index (κ1) is 37.8. The second kappa shape index (κ2) is 22.2. The van der Waals surface area contributed by atoms with Gasteiger partial charge in [-0.15, -0.1) is 0 Å². The van der Waals surface area contributed by atoms with E-state index in [1.54, 1.807) is 20.8 Å². The van der Waals surface area contributed by atoms with Crippen molar-refractivity contribution in [2.24, 2.45) is 0 Å². The molecule has 4 N–H and O–H groups in total. The maximum Gasteiger partial charge on any atom is 0.431 e. The van der Waals surface area contributed by atoms with Crippen LogP contribution in [0.25, 0.3) is 0 Å². The second-order valence-corrected chi connectivity index (χ2v) is 10.9. The standard InChI is InChI=1S/C32H46N4O10/c1-32(2,3)46-31(40)36-45-22-21-42-20-19-41-18-17-33-28(37)27(35-30(39)44-24-26-13-8-5-9-14-26)15-10-16-34-29(38)43-23-25-11-6-4-7-12-25/h4-9,11-14,27H,10,15-24H2,1-3H3,(H,33,37)(H,34,38)(H,35,39)(H,36,40)/t27-/m0/s1. The maximum atomic E-state index is 12.9. The van der Waals surface area contributed by atoms with E-state index in [2.05, 4.69) is 21.4 Å². The highest BCUT2D eigenvalue weighted by atomic mass is 16.7. The largest absolute Gasteiger partial charge is 0.445 e. The summed E-state index contributed by atoms with van der Waals surface area (Å²) in [6, 6.07) is 17.6. The quantitative estimate of drug-likeness (QED) is 0.0947. The predicted octanol–water partition coefficient (Wildman–Crippen LogP) is 3.59. The van der Waals surface area contributed by atoms with E-state index in [0.717, 1.165) is 11.1 Å². The number of nitrogens with one attached hydrogen (secondary N) is 4. The molecule has 46 heavy (non-hydrogen) atoms. The summed E-state index contributed by atoms with van der Waals surface area (Å²) < 4.78 is 26.3. The average molecular weight is 647 g/mol. The van der Waals surface area contributed by atoms with Crippen LogP contribution in [0.1, 0.15) is 44.7 Å². The number of hydroxylamine groups is 1. The zero-order chi connectivity index (χ0) is 33.5. The number of benzene rings is 2. The van der Waals surface area contributed by atoms with E-state index in [1.165, 1.54) is 0 Å². The minimum Gasteiger partial charge on any atom is -0.445 e. The molecule has 0 aromatic heterocycles. The molecule has 254 valence electrons. The molecule has 0 saturated carbocycles. The van der Waals surface area contributed by atoms with E-state index in [1.807, 2.05) is 60.7 Å². The van der Waals surface area contributed by atoms with Crippen molar-refractivity contribution in [1.82, 2.24) is 21.4 Å². The molecule has 2 aromatic carbocycles. The van der Waals surface area contributed by atoms with Crippen molar-refractivity contribution in [3.63, 3.8) is 0 Å². The molecule has 14 heteroatoms. The van der Waals surface area contributed by atoms with E-state index in [4.69, 9.17) is 28.5 Å². The van der Waals surface area contributed by atoms with Crippen LogP contribution in [-0.4, -0.2) is 82.0 Å². The summed E-state index contributed by atoms with van der Waals surface area (Å²) in [5.74, 6) is -0.419. The Hall–Kier alpha value is -4.40. The summed E-state index contributed by atoms with van der Waals surface area (Å²) in [7, 11) is 0. The van der Waals surface area contributed by atoms with E-state index < -0.39 is 35.8 Å². The van der Waals surface area contributed by atoms with Crippen LogP contribution in [0, 0.1) is 0 Å².